The van der Waals surface area contributed by atoms with Crippen molar-refractivity contribution in [1.82, 2.24) is 0 Å². The van der Waals surface area contributed by atoms with Crippen LogP contribution >= 0.6 is 0 Å². The highest BCUT2D eigenvalue weighted by Crippen LogP contribution is 2.13. The van der Waals surface area contributed by atoms with E-state index in [4.69, 9.17) is 5.11 Å². The summed E-state index contributed by atoms with van der Waals surface area (Å²) in [6.45, 7) is 3.65. The highest BCUT2D eigenvalue weighted by atomic mass is 16.4. The summed E-state index contributed by atoms with van der Waals surface area (Å²) in [6.07, 6.45) is 3.05. The molecule has 1 atom stereocenters. The van der Waals surface area contributed by atoms with Crippen molar-refractivity contribution in [3.05, 3.63) is 42.8 Å². The molecule has 15 heavy (non-hydrogen) atoms. The molecule has 1 N–H and O–H groups in total. The Balaban J connectivity index is 2.30. The number of carbonyl (C=O) groups is 1. The van der Waals surface area contributed by atoms with Crippen molar-refractivity contribution in [2.75, 3.05) is 0 Å². The Bertz CT molecular complexity index is 293. The summed E-state index contributed by atoms with van der Waals surface area (Å²) in [4.78, 5) is 10.7. The van der Waals surface area contributed by atoms with Crippen LogP contribution in [0.1, 0.15) is 24.8 Å². The fourth-order valence-corrected chi connectivity index (χ4v) is 1.59. The van der Waals surface area contributed by atoms with Gasteiger partial charge < -0.3 is 5.11 Å². The third-order valence-electron chi connectivity index (χ3n) is 2.56. The molecule has 81 valence electrons. The van der Waals surface area contributed by atoms with Crippen LogP contribution in [0.4, 0.5) is 0 Å². The number of aryl methyl sites for hydroxylation is 1. The number of rotatable bonds is 6. The molecule has 0 bridgehead atoms. The highest BCUT2D eigenvalue weighted by Gasteiger charge is 2.13. The molecule has 0 heterocycles. The first-order valence-electron chi connectivity index (χ1n) is 5.30. The van der Waals surface area contributed by atoms with Gasteiger partial charge in [-0.1, -0.05) is 37.3 Å². The van der Waals surface area contributed by atoms with Crippen LogP contribution in [0.3, 0.4) is 0 Å². The molecular weight excluding hydrogens is 188 g/mol. The number of carboxylic acid groups (broad SMARTS) is 1. The van der Waals surface area contributed by atoms with Gasteiger partial charge in [0.1, 0.15) is 0 Å². The maximum absolute atomic E-state index is 10.7. The van der Waals surface area contributed by atoms with E-state index in [1.807, 2.05) is 18.2 Å². The van der Waals surface area contributed by atoms with Crippen LogP contribution in [-0.2, 0) is 11.2 Å². The van der Waals surface area contributed by atoms with Crippen molar-refractivity contribution in [3.63, 3.8) is 0 Å². The lowest BCUT2D eigenvalue weighted by molar-refractivity contribution is -0.141. The number of hydrogen-bond donors (Lipinski definition) is 1. The van der Waals surface area contributed by atoms with Gasteiger partial charge in [-0.15, -0.1) is 0 Å². The Morgan fingerprint density at radius 1 is 1.33 bits per heavy atom. The minimum Gasteiger partial charge on any atom is -0.481 e. The smallest absolute Gasteiger partial charge is 0.306 e. The van der Waals surface area contributed by atoms with E-state index in [0.29, 0.717) is 12.8 Å². The standard InChI is InChI=1S/C13H17O2/c1-2-12(13(14)15)10-6-9-11-7-4-3-5-8-11/h3-5,7-8,12H,1-2,6,9-10H2,(H,14,15). The first kappa shape index (κ1) is 11.8. The van der Waals surface area contributed by atoms with Crippen molar-refractivity contribution >= 4 is 5.97 Å². The van der Waals surface area contributed by atoms with Crippen molar-refractivity contribution < 1.29 is 9.90 Å². The van der Waals surface area contributed by atoms with Gasteiger partial charge in [-0.3, -0.25) is 4.79 Å². The molecule has 0 amide bonds. The lowest BCUT2D eigenvalue weighted by Crippen LogP contribution is -2.12. The van der Waals surface area contributed by atoms with E-state index in [1.54, 1.807) is 0 Å². The topological polar surface area (TPSA) is 37.3 Å². The predicted molar refractivity (Wildman–Crippen MR) is 60.5 cm³/mol. The van der Waals surface area contributed by atoms with E-state index >= 15 is 0 Å². The number of carboxylic acids is 1. The van der Waals surface area contributed by atoms with Crippen LogP contribution in [0.25, 0.3) is 0 Å². The van der Waals surface area contributed by atoms with Gasteiger partial charge in [0.25, 0.3) is 0 Å². The molecule has 1 aromatic rings. The molecule has 0 saturated heterocycles. The maximum atomic E-state index is 10.7. The summed E-state index contributed by atoms with van der Waals surface area (Å²) in [7, 11) is 0. The zero-order valence-electron chi connectivity index (χ0n) is 8.86. The molecule has 2 nitrogen and oxygen atoms in total. The van der Waals surface area contributed by atoms with Gasteiger partial charge in [0.05, 0.1) is 5.92 Å². The van der Waals surface area contributed by atoms with Crippen LogP contribution in [0, 0.1) is 12.8 Å². The van der Waals surface area contributed by atoms with Crippen LogP contribution in [0.15, 0.2) is 30.3 Å². The molecule has 2 heteroatoms. The second kappa shape index (κ2) is 6.23. The monoisotopic (exact) mass is 205 g/mol. The van der Waals surface area contributed by atoms with Crippen molar-refractivity contribution in [1.29, 1.82) is 0 Å². The van der Waals surface area contributed by atoms with E-state index < -0.39 is 5.97 Å². The van der Waals surface area contributed by atoms with Gasteiger partial charge >= 0.3 is 5.97 Å². The summed E-state index contributed by atoms with van der Waals surface area (Å²) in [5, 5.41) is 8.83. The third kappa shape index (κ3) is 4.15. The quantitative estimate of drug-likeness (QED) is 0.775. The average molecular weight is 205 g/mol. The van der Waals surface area contributed by atoms with Gasteiger partial charge in [-0.2, -0.15) is 0 Å². The molecule has 0 aliphatic heterocycles. The summed E-state index contributed by atoms with van der Waals surface area (Å²) in [6, 6.07) is 10.1. The second-order valence-electron chi connectivity index (χ2n) is 3.70. The third-order valence-corrected chi connectivity index (χ3v) is 2.56. The van der Waals surface area contributed by atoms with Crippen molar-refractivity contribution in [2.45, 2.75) is 25.7 Å². The molecule has 0 saturated carbocycles. The van der Waals surface area contributed by atoms with Crippen molar-refractivity contribution in [3.8, 4) is 0 Å². The Morgan fingerprint density at radius 3 is 2.53 bits per heavy atom. The molecule has 1 radical (unpaired) electrons. The molecule has 0 spiro atoms. The lowest BCUT2D eigenvalue weighted by Gasteiger charge is -2.08. The van der Waals surface area contributed by atoms with Crippen LogP contribution in [0.2, 0.25) is 0 Å². The van der Waals surface area contributed by atoms with E-state index in [0.717, 1.165) is 12.8 Å². The van der Waals surface area contributed by atoms with Crippen molar-refractivity contribution in [2.24, 2.45) is 5.92 Å². The average Bonchev–Trinajstić information content (AvgIpc) is 2.25. The first-order chi connectivity index (χ1) is 7.24. The van der Waals surface area contributed by atoms with Gasteiger partial charge in [-0.05, 0) is 31.2 Å². The van der Waals surface area contributed by atoms with Gasteiger partial charge in [0.15, 0.2) is 0 Å². The van der Waals surface area contributed by atoms with E-state index in [2.05, 4.69) is 19.1 Å². The summed E-state index contributed by atoms with van der Waals surface area (Å²) in [5.41, 5.74) is 1.27. The summed E-state index contributed by atoms with van der Waals surface area (Å²) in [5.74, 6) is -1.01. The predicted octanol–water partition coefficient (Wildman–Crippen LogP) is 2.93. The van der Waals surface area contributed by atoms with Crippen LogP contribution in [0.5, 0.6) is 0 Å². The molecular formula is C13H17O2. The van der Waals surface area contributed by atoms with E-state index in [1.165, 1.54) is 5.56 Å². The Labute approximate surface area is 90.9 Å². The van der Waals surface area contributed by atoms with Gasteiger partial charge in [0.2, 0.25) is 0 Å². The van der Waals surface area contributed by atoms with E-state index in [9.17, 15) is 4.79 Å². The first-order valence-corrected chi connectivity index (χ1v) is 5.30. The molecule has 0 aliphatic rings. The zero-order valence-corrected chi connectivity index (χ0v) is 8.86. The number of benzene rings is 1. The molecule has 0 fully saturated rings. The van der Waals surface area contributed by atoms with E-state index in [-0.39, 0.29) is 5.92 Å². The molecule has 1 aromatic carbocycles. The minimum atomic E-state index is -0.724. The summed E-state index contributed by atoms with van der Waals surface area (Å²) < 4.78 is 0. The molecule has 1 unspecified atom stereocenters. The SMILES string of the molecule is [CH2]CC(CCCc1ccccc1)C(=O)O. The highest BCUT2D eigenvalue weighted by molar-refractivity contribution is 5.69. The number of hydrogen-bond acceptors (Lipinski definition) is 1. The normalized spacial score (nSPS) is 12.3. The Morgan fingerprint density at radius 2 is 2.00 bits per heavy atom. The van der Waals surface area contributed by atoms with Crippen LogP contribution in [-0.4, -0.2) is 11.1 Å². The fraction of sp³-hybridized carbons (Fsp3) is 0.385. The minimum absolute atomic E-state index is 0.284. The molecule has 0 aliphatic carbocycles. The number of aliphatic carboxylic acids is 1. The van der Waals surface area contributed by atoms with Crippen LogP contribution < -0.4 is 0 Å². The Hall–Kier alpha value is -1.31. The largest absolute Gasteiger partial charge is 0.481 e. The van der Waals surface area contributed by atoms with Gasteiger partial charge in [-0.25, -0.2) is 0 Å². The second-order valence-corrected chi connectivity index (χ2v) is 3.70. The van der Waals surface area contributed by atoms with Gasteiger partial charge in [0, 0.05) is 0 Å². The maximum Gasteiger partial charge on any atom is 0.306 e. The molecule has 0 aromatic heterocycles. The fourth-order valence-electron chi connectivity index (χ4n) is 1.59. The molecule has 1 rings (SSSR count). The Kier molecular flexibility index (Phi) is 4.88. The lowest BCUT2D eigenvalue weighted by atomic mass is 9.97. The zero-order chi connectivity index (χ0) is 11.1. The summed E-state index contributed by atoms with van der Waals surface area (Å²) >= 11 is 0.